The number of amidine groups is 1. The molecule has 2 aromatic carbocycles. The predicted molar refractivity (Wildman–Crippen MR) is 121 cm³/mol. The molecule has 3 aromatic rings. The van der Waals surface area contributed by atoms with Gasteiger partial charge >= 0.3 is 0 Å². The summed E-state index contributed by atoms with van der Waals surface area (Å²) in [7, 11) is 6.23. The monoisotopic (exact) mass is 396 g/mol. The highest BCUT2D eigenvalue weighted by Gasteiger charge is 2.18. The number of nitrogens with one attached hydrogen (secondary N) is 1. The Labute approximate surface area is 176 Å². The van der Waals surface area contributed by atoms with Crippen LogP contribution >= 0.6 is 0 Å². The van der Waals surface area contributed by atoms with Crippen molar-refractivity contribution in [2.75, 3.05) is 13.1 Å². The van der Waals surface area contributed by atoms with Crippen LogP contribution in [-0.4, -0.2) is 26.8 Å². The first kappa shape index (κ1) is 18.9. The summed E-state index contributed by atoms with van der Waals surface area (Å²) >= 11 is 0. The van der Waals surface area contributed by atoms with E-state index in [1.807, 2.05) is 18.2 Å². The lowest BCUT2D eigenvalue weighted by atomic mass is 9.88. The smallest absolute Gasteiger partial charge is 0.137 e. The van der Waals surface area contributed by atoms with Crippen molar-refractivity contribution in [3.8, 4) is 0 Å². The van der Waals surface area contributed by atoms with Gasteiger partial charge in [0.15, 0.2) is 0 Å². The molecule has 0 unspecified atom stereocenters. The fourth-order valence-corrected chi connectivity index (χ4v) is 4.33. The summed E-state index contributed by atoms with van der Waals surface area (Å²) in [5.74, 6) is 0.570. The van der Waals surface area contributed by atoms with Gasteiger partial charge in [-0.05, 0) is 48.4 Å². The minimum absolute atomic E-state index is 0.207. The first-order valence-electron chi connectivity index (χ1n) is 10.4. The highest BCUT2D eigenvalue weighted by molar-refractivity contribution is 6.33. The van der Waals surface area contributed by atoms with E-state index < -0.39 is 0 Å². The van der Waals surface area contributed by atoms with Crippen LogP contribution in [0.25, 0.3) is 16.5 Å². The van der Waals surface area contributed by atoms with Crippen molar-refractivity contribution in [3.63, 3.8) is 0 Å². The predicted octanol–water partition coefficient (Wildman–Crippen LogP) is 4.23. The van der Waals surface area contributed by atoms with Crippen molar-refractivity contribution < 1.29 is 8.81 Å². The summed E-state index contributed by atoms with van der Waals surface area (Å²) in [6.07, 6.45) is 11.6. The van der Waals surface area contributed by atoms with Crippen LogP contribution in [0.15, 0.2) is 64.2 Å². The average Bonchev–Trinajstić information content (AvgIpc) is 3.43. The number of fused-ring (bicyclic) bond motifs is 1. The molecular weight excluding hydrogens is 374 g/mol. The Hall–Kier alpha value is -3.08. The van der Waals surface area contributed by atoms with Crippen LogP contribution in [0.3, 0.4) is 0 Å². The van der Waals surface area contributed by atoms with E-state index in [9.17, 15) is 4.39 Å². The molecule has 148 valence electrons. The van der Waals surface area contributed by atoms with Gasteiger partial charge in [-0.25, -0.2) is 4.39 Å². The largest absolute Gasteiger partial charge is 0.463 e. The van der Waals surface area contributed by atoms with Gasteiger partial charge in [0.1, 0.15) is 25.1 Å². The van der Waals surface area contributed by atoms with Crippen LogP contribution in [0.5, 0.6) is 0 Å². The minimum atomic E-state index is -0.207. The number of rotatable bonds is 5. The third-order valence-electron chi connectivity index (χ3n) is 5.77. The van der Waals surface area contributed by atoms with Gasteiger partial charge in [-0.15, -0.1) is 0 Å². The molecule has 1 N–H and O–H groups in total. The number of aryl methyl sites for hydroxylation is 1. The molecule has 0 spiro atoms. The zero-order chi connectivity index (χ0) is 20.5. The van der Waals surface area contributed by atoms with Gasteiger partial charge in [0, 0.05) is 23.1 Å². The van der Waals surface area contributed by atoms with Gasteiger partial charge in [0.25, 0.3) is 0 Å². The van der Waals surface area contributed by atoms with Crippen LogP contribution in [0.1, 0.15) is 35.1 Å². The summed E-state index contributed by atoms with van der Waals surface area (Å²) in [4.78, 5) is 4.47. The lowest BCUT2D eigenvalue weighted by Gasteiger charge is -2.12. The molecule has 0 bridgehead atoms. The number of benzene rings is 2. The van der Waals surface area contributed by atoms with Gasteiger partial charge in [-0.2, -0.15) is 0 Å². The topological polar surface area (TPSA) is 37.5 Å². The van der Waals surface area contributed by atoms with Gasteiger partial charge in [-0.3, -0.25) is 4.99 Å². The maximum atomic E-state index is 14.7. The quantitative estimate of drug-likeness (QED) is 0.656. The highest BCUT2D eigenvalue weighted by Crippen LogP contribution is 2.32. The number of allylic oxidation sites excluding steroid dienone is 4. The Bertz CT molecular complexity index is 1210. The molecular formula is C25H22BFN2O. The first-order valence-corrected chi connectivity index (χ1v) is 10.4. The maximum Gasteiger partial charge on any atom is 0.137 e. The van der Waals surface area contributed by atoms with Gasteiger partial charge in [0.05, 0.1) is 12.8 Å². The second-order valence-electron chi connectivity index (χ2n) is 7.77. The molecule has 5 rings (SSSR count). The van der Waals surface area contributed by atoms with Crippen LogP contribution in [0.2, 0.25) is 0 Å². The van der Waals surface area contributed by atoms with Crippen molar-refractivity contribution in [3.05, 3.63) is 82.9 Å². The SMILES string of the molecule is [B]c1cc(CCc2c(F)cccc2C2=NCCN2)c2occ(C3=CCCC=C3)c2c1. The number of nitrogens with zero attached hydrogens (tertiary/aromatic N) is 1. The Kier molecular flexibility index (Phi) is 5.03. The van der Waals surface area contributed by atoms with Crippen molar-refractivity contribution in [1.82, 2.24) is 5.32 Å². The molecule has 5 heteroatoms. The van der Waals surface area contributed by atoms with Crippen LogP contribution in [0.4, 0.5) is 4.39 Å². The molecule has 2 aliphatic rings. The number of furan rings is 1. The molecule has 3 nitrogen and oxygen atoms in total. The zero-order valence-electron chi connectivity index (χ0n) is 16.7. The second-order valence-corrected chi connectivity index (χ2v) is 7.77. The average molecular weight is 396 g/mol. The summed E-state index contributed by atoms with van der Waals surface area (Å²) < 4.78 is 20.7. The van der Waals surface area contributed by atoms with E-state index in [1.165, 1.54) is 11.6 Å². The van der Waals surface area contributed by atoms with E-state index in [4.69, 9.17) is 12.3 Å². The number of aliphatic imine (C=N–C) groups is 1. The molecule has 0 saturated heterocycles. The molecule has 2 heterocycles. The molecule has 0 saturated carbocycles. The Morgan fingerprint density at radius 3 is 2.87 bits per heavy atom. The highest BCUT2D eigenvalue weighted by atomic mass is 19.1. The van der Waals surface area contributed by atoms with Gasteiger partial charge in [-0.1, -0.05) is 48.0 Å². The third-order valence-corrected chi connectivity index (χ3v) is 5.77. The van der Waals surface area contributed by atoms with E-state index >= 15 is 0 Å². The fourth-order valence-electron chi connectivity index (χ4n) is 4.33. The standard InChI is InChI=1S/C25H22BFN2O/c26-18-13-17(24-21(14-18)22(15-30-24)16-5-2-1-3-6-16)9-10-19-20(7-4-8-23(19)27)25-28-11-12-29-25/h2,4-8,13-15H,1,3,9-12H2,(H,28,29). The molecule has 1 aromatic heterocycles. The lowest BCUT2D eigenvalue weighted by molar-refractivity contribution is 0.601. The molecule has 1 aliphatic heterocycles. The van der Waals surface area contributed by atoms with Crippen LogP contribution < -0.4 is 10.8 Å². The Morgan fingerprint density at radius 1 is 1.13 bits per heavy atom. The lowest BCUT2D eigenvalue weighted by Crippen LogP contribution is -2.21. The number of hydrogen-bond donors (Lipinski definition) is 1. The maximum absolute atomic E-state index is 14.7. The second kappa shape index (κ2) is 7.98. The van der Waals surface area contributed by atoms with Crippen LogP contribution in [-0.2, 0) is 12.8 Å². The Morgan fingerprint density at radius 2 is 2.07 bits per heavy atom. The summed E-state index contributed by atoms with van der Waals surface area (Å²) in [6.45, 7) is 1.52. The van der Waals surface area contributed by atoms with Crippen molar-refractivity contribution in [1.29, 1.82) is 0 Å². The fraction of sp³-hybridized carbons (Fsp3) is 0.240. The van der Waals surface area contributed by atoms with Crippen molar-refractivity contribution >= 4 is 35.7 Å². The molecule has 0 amide bonds. The molecule has 0 fully saturated rings. The molecule has 1 aliphatic carbocycles. The van der Waals surface area contributed by atoms with Crippen molar-refractivity contribution in [2.45, 2.75) is 25.7 Å². The van der Waals surface area contributed by atoms with Gasteiger partial charge < -0.3 is 9.73 Å². The number of hydrogen-bond acceptors (Lipinski definition) is 3. The van der Waals surface area contributed by atoms with Gasteiger partial charge in [0.2, 0.25) is 0 Å². The minimum Gasteiger partial charge on any atom is -0.463 e. The van der Waals surface area contributed by atoms with E-state index in [2.05, 4.69) is 28.5 Å². The molecule has 0 atom stereocenters. The van der Waals surface area contributed by atoms with E-state index in [1.54, 1.807) is 12.3 Å². The normalized spacial score (nSPS) is 15.9. The van der Waals surface area contributed by atoms with E-state index in [0.717, 1.165) is 59.4 Å². The summed E-state index contributed by atoms with van der Waals surface area (Å²) in [5, 5.41) is 4.26. The van der Waals surface area contributed by atoms with E-state index in [0.29, 0.717) is 23.9 Å². The summed E-state index contributed by atoms with van der Waals surface area (Å²) in [6, 6.07) is 9.08. The number of halogens is 1. The Balaban J connectivity index is 1.49. The van der Waals surface area contributed by atoms with E-state index in [-0.39, 0.29) is 5.82 Å². The zero-order valence-corrected chi connectivity index (χ0v) is 16.7. The molecule has 30 heavy (non-hydrogen) atoms. The summed E-state index contributed by atoms with van der Waals surface area (Å²) in [5.41, 5.74) is 6.25. The first-order chi connectivity index (χ1) is 14.7. The van der Waals surface area contributed by atoms with Crippen LogP contribution in [0, 0.1) is 5.82 Å². The van der Waals surface area contributed by atoms with Crippen molar-refractivity contribution in [2.24, 2.45) is 4.99 Å². The molecule has 2 radical (unpaired) electrons. The third kappa shape index (κ3) is 3.49.